The molecule has 0 aliphatic rings. The van der Waals surface area contributed by atoms with E-state index in [9.17, 15) is 0 Å². The van der Waals surface area contributed by atoms with Crippen molar-refractivity contribution in [2.45, 2.75) is 0 Å². The van der Waals surface area contributed by atoms with Crippen LogP contribution in [0.5, 0.6) is 0 Å². The van der Waals surface area contributed by atoms with E-state index in [1.807, 2.05) is 18.2 Å². The topological polar surface area (TPSA) is 29.5 Å². The minimum absolute atomic E-state index is 0.834. The molecule has 3 heteroatoms. The van der Waals surface area contributed by atoms with Crippen LogP contribution in [0.25, 0.3) is 88.4 Å². The number of rotatable bonds is 7. The highest BCUT2D eigenvalue weighted by Crippen LogP contribution is 2.52. The van der Waals surface area contributed by atoms with Gasteiger partial charge in [0.2, 0.25) is 0 Å². The van der Waals surface area contributed by atoms with Crippen LogP contribution in [0.15, 0.2) is 221 Å². The maximum absolute atomic E-state index is 6.70. The van der Waals surface area contributed by atoms with E-state index in [1.54, 1.807) is 0 Å². The van der Waals surface area contributed by atoms with Crippen molar-refractivity contribution in [2.24, 2.45) is 0 Å². The molecule has 0 aliphatic heterocycles. The summed E-state index contributed by atoms with van der Waals surface area (Å²) in [4.78, 5) is 2.45. The second-order valence-corrected chi connectivity index (χ2v) is 14.4. The van der Waals surface area contributed by atoms with Gasteiger partial charge in [0.05, 0.1) is 22.4 Å². The van der Waals surface area contributed by atoms with Crippen LogP contribution in [0, 0.1) is 0 Å². The van der Waals surface area contributed by atoms with Crippen molar-refractivity contribution < 1.29 is 8.83 Å². The molecule has 11 aromatic rings. The van der Waals surface area contributed by atoms with Crippen molar-refractivity contribution in [3.63, 3.8) is 0 Å². The number of nitrogens with zero attached hydrogens (tertiary/aromatic N) is 1. The average Bonchev–Trinajstić information content (AvgIpc) is 3.87. The SMILES string of the molecule is c1ccc(-c2ccccc2-c2c(-c3ccccc3)cccc2N(c2ccccc2-c2cccc3c2oc2ccccc23)c2cccc3oc4ccccc4c23)cc1. The Morgan fingerprint density at radius 3 is 1.56 bits per heavy atom. The lowest BCUT2D eigenvalue weighted by Gasteiger charge is -2.32. The molecule has 0 bridgehead atoms. The van der Waals surface area contributed by atoms with Crippen LogP contribution in [-0.4, -0.2) is 0 Å². The Morgan fingerprint density at radius 1 is 0.281 bits per heavy atom. The molecule has 0 unspecified atom stereocenters. The van der Waals surface area contributed by atoms with Gasteiger partial charge in [-0.3, -0.25) is 0 Å². The standard InChI is InChI=1S/C54H35NO2/c1-3-18-36(19-4-1)38-22-7-8-25-42(38)52-39(37-20-5-2-6-21-37)27-16-31-47(52)55(48-32-17-35-51-53(48)45-26-11-14-34-50(45)56-51)46-30-12-9-23-40(46)43-28-15-29-44-41-24-10-13-33-49(41)57-54(43)44/h1-35H. The molecule has 0 aliphatic carbocycles. The Kier molecular flexibility index (Phi) is 7.82. The summed E-state index contributed by atoms with van der Waals surface area (Å²) in [5.41, 5.74) is 15.5. The maximum atomic E-state index is 6.70. The van der Waals surface area contributed by atoms with Crippen molar-refractivity contribution in [1.82, 2.24) is 0 Å². The first-order valence-electron chi connectivity index (χ1n) is 19.4. The van der Waals surface area contributed by atoms with Crippen LogP contribution in [0.4, 0.5) is 17.1 Å². The molecule has 268 valence electrons. The second-order valence-electron chi connectivity index (χ2n) is 14.4. The number of anilines is 3. The summed E-state index contributed by atoms with van der Waals surface area (Å²) in [6.45, 7) is 0. The van der Waals surface area contributed by atoms with Gasteiger partial charge in [-0.05, 0) is 64.2 Å². The molecule has 57 heavy (non-hydrogen) atoms. The summed E-state index contributed by atoms with van der Waals surface area (Å²) in [5, 5.41) is 4.32. The van der Waals surface area contributed by atoms with Crippen LogP contribution in [0.2, 0.25) is 0 Å². The van der Waals surface area contributed by atoms with E-state index < -0.39 is 0 Å². The second kappa shape index (κ2) is 13.6. The molecule has 0 saturated carbocycles. The highest BCUT2D eigenvalue weighted by atomic mass is 16.3. The van der Waals surface area contributed by atoms with Gasteiger partial charge in [-0.25, -0.2) is 0 Å². The number of hydrogen-bond donors (Lipinski definition) is 0. The van der Waals surface area contributed by atoms with Gasteiger partial charge in [0.1, 0.15) is 22.3 Å². The molecule has 0 atom stereocenters. The quantitative estimate of drug-likeness (QED) is 0.164. The molecule has 3 nitrogen and oxygen atoms in total. The molecule has 0 radical (unpaired) electrons. The van der Waals surface area contributed by atoms with Gasteiger partial charge in [-0.1, -0.05) is 176 Å². The minimum atomic E-state index is 0.834. The van der Waals surface area contributed by atoms with E-state index in [0.29, 0.717) is 0 Å². The normalized spacial score (nSPS) is 11.5. The molecule has 2 heterocycles. The van der Waals surface area contributed by atoms with E-state index in [0.717, 1.165) is 105 Å². The fourth-order valence-electron chi connectivity index (χ4n) is 8.63. The predicted octanol–water partition coefficient (Wildman–Crippen LogP) is 15.6. The van der Waals surface area contributed by atoms with Crippen molar-refractivity contribution in [3.8, 4) is 44.5 Å². The first-order valence-corrected chi connectivity index (χ1v) is 19.4. The molecule has 9 aromatic carbocycles. The fourth-order valence-corrected chi connectivity index (χ4v) is 8.63. The van der Waals surface area contributed by atoms with E-state index in [1.165, 1.54) is 0 Å². The molecule has 0 amide bonds. The molecule has 11 rings (SSSR count). The van der Waals surface area contributed by atoms with Gasteiger partial charge >= 0.3 is 0 Å². The molecule has 0 spiro atoms. The van der Waals surface area contributed by atoms with Crippen LogP contribution >= 0.6 is 0 Å². The van der Waals surface area contributed by atoms with Crippen LogP contribution in [0.3, 0.4) is 0 Å². The highest BCUT2D eigenvalue weighted by Gasteiger charge is 2.27. The lowest BCUT2D eigenvalue weighted by molar-refractivity contribution is 0.669. The summed E-state index contributed by atoms with van der Waals surface area (Å²) >= 11 is 0. The third-order valence-electron chi connectivity index (χ3n) is 11.1. The fraction of sp³-hybridized carbons (Fsp3) is 0. The van der Waals surface area contributed by atoms with Crippen molar-refractivity contribution >= 4 is 60.9 Å². The maximum Gasteiger partial charge on any atom is 0.143 e. The zero-order chi connectivity index (χ0) is 37.7. The van der Waals surface area contributed by atoms with Crippen molar-refractivity contribution in [1.29, 1.82) is 0 Å². The lowest BCUT2D eigenvalue weighted by atomic mass is 9.87. The van der Waals surface area contributed by atoms with Gasteiger partial charge in [-0.2, -0.15) is 0 Å². The number of furan rings is 2. The molecule has 2 aromatic heterocycles. The number of hydrogen-bond acceptors (Lipinski definition) is 3. The first kappa shape index (κ1) is 32.8. The Bertz CT molecular complexity index is 3250. The van der Waals surface area contributed by atoms with Gasteiger partial charge < -0.3 is 13.7 Å². The first-order chi connectivity index (χ1) is 28.3. The smallest absolute Gasteiger partial charge is 0.143 e. The summed E-state index contributed by atoms with van der Waals surface area (Å²) in [6, 6.07) is 75.2. The summed E-state index contributed by atoms with van der Waals surface area (Å²) < 4.78 is 13.3. The van der Waals surface area contributed by atoms with Gasteiger partial charge in [0.15, 0.2) is 0 Å². The predicted molar refractivity (Wildman–Crippen MR) is 237 cm³/mol. The van der Waals surface area contributed by atoms with Crippen molar-refractivity contribution in [3.05, 3.63) is 212 Å². The van der Waals surface area contributed by atoms with E-state index in [4.69, 9.17) is 8.83 Å². The van der Waals surface area contributed by atoms with Gasteiger partial charge in [-0.15, -0.1) is 0 Å². The molecule has 0 fully saturated rings. The van der Waals surface area contributed by atoms with Gasteiger partial charge in [0.25, 0.3) is 0 Å². The Morgan fingerprint density at radius 2 is 0.772 bits per heavy atom. The molecular formula is C54H35NO2. The van der Waals surface area contributed by atoms with Crippen LogP contribution in [0.1, 0.15) is 0 Å². The monoisotopic (exact) mass is 729 g/mol. The van der Waals surface area contributed by atoms with E-state index >= 15 is 0 Å². The minimum Gasteiger partial charge on any atom is -0.456 e. The Balaban J connectivity index is 1.28. The third kappa shape index (κ3) is 5.43. The summed E-state index contributed by atoms with van der Waals surface area (Å²) in [7, 11) is 0. The Hall–Kier alpha value is -7.62. The molecular weight excluding hydrogens is 695 g/mol. The largest absolute Gasteiger partial charge is 0.456 e. The van der Waals surface area contributed by atoms with Crippen LogP contribution < -0.4 is 4.90 Å². The summed E-state index contributed by atoms with van der Waals surface area (Å²) in [6.07, 6.45) is 0. The Labute approximate surface area is 330 Å². The number of fused-ring (bicyclic) bond motifs is 6. The number of para-hydroxylation sites is 4. The van der Waals surface area contributed by atoms with E-state index in [2.05, 4.69) is 199 Å². The number of benzene rings is 9. The highest BCUT2D eigenvalue weighted by molar-refractivity contribution is 6.16. The molecule has 0 N–H and O–H groups in total. The lowest BCUT2D eigenvalue weighted by Crippen LogP contribution is -2.13. The third-order valence-corrected chi connectivity index (χ3v) is 11.1. The average molecular weight is 730 g/mol. The zero-order valence-electron chi connectivity index (χ0n) is 31.0. The van der Waals surface area contributed by atoms with Gasteiger partial charge in [0, 0.05) is 32.8 Å². The zero-order valence-corrected chi connectivity index (χ0v) is 31.0. The van der Waals surface area contributed by atoms with E-state index in [-0.39, 0.29) is 0 Å². The van der Waals surface area contributed by atoms with Crippen LogP contribution in [-0.2, 0) is 0 Å². The summed E-state index contributed by atoms with van der Waals surface area (Å²) in [5.74, 6) is 0. The van der Waals surface area contributed by atoms with Crippen molar-refractivity contribution in [2.75, 3.05) is 4.90 Å². The molecule has 0 saturated heterocycles.